The van der Waals surface area contributed by atoms with Gasteiger partial charge in [0.2, 0.25) is 0 Å². The number of fused-ring (bicyclic) bond motifs is 1. The molecule has 0 fully saturated rings. The molecule has 4 rings (SSSR count). The molecule has 4 heterocycles. The summed E-state index contributed by atoms with van der Waals surface area (Å²) < 4.78 is 1.83. The number of anilines is 1. The summed E-state index contributed by atoms with van der Waals surface area (Å²) >= 11 is 1.68. The molecule has 0 aliphatic heterocycles. The van der Waals surface area contributed by atoms with Gasteiger partial charge >= 0.3 is 0 Å². The van der Waals surface area contributed by atoms with Crippen molar-refractivity contribution in [3.63, 3.8) is 0 Å². The third-order valence-corrected chi connectivity index (χ3v) is 4.60. The van der Waals surface area contributed by atoms with Gasteiger partial charge in [-0.3, -0.25) is 9.97 Å². The molecule has 0 saturated heterocycles. The molecule has 0 atom stereocenters. The lowest BCUT2D eigenvalue weighted by molar-refractivity contribution is 0.910. The van der Waals surface area contributed by atoms with Gasteiger partial charge < -0.3 is 5.32 Å². The lowest BCUT2D eigenvalue weighted by atomic mass is 10.0. The van der Waals surface area contributed by atoms with Gasteiger partial charge in [-0.2, -0.15) is 9.61 Å². The molecule has 4 aromatic rings. The van der Waals surface area contributed by atoms with Crippen molar-refractivity contribution in [2.75, 3.05) is 5.32 Å². The second kappa shape index (κ2) is 6.05. The molecule has 4 aromatic heterocycles. The zero-order valence-electron chi connectivity index (χ0n) is 13.4. The lowest BCUT2D eigenvalue weighted by Gasteiger charge is -2.10. The number of aromatic nitrogens is 5. The zero-order valence-corrected chi connectivity index (χ0v) is 14.2. The van der Waals surface area contributed by atoms with Gasteiger partial charge in [0.15, 0.2) is 5.65 Å². The number of nitrogens with one attached hydrogen (secondary N) is 1. The maximum absolute atomic E-state index is 4.75. The van der Waals surface area contributed by atoms with Crippen LogP contribution < -0.4 is 10.8 Å². The highest BCUT2D eigenvalue weighted by Crippen LogP contribution is 2.25. The Labute approximate surface area is 144 Å². The molecule has 0 saturated carbocycles. The fourth-order valence-electron chi connectivity index (χ4n) is 2.44. The average molecular weight is 334 g/mol. The van der Waals surface area contributed by atoms with Crippen LogP contribution in [0.4, 0.5) is 5.82 Å². The van der Waals surface area contributed by atoms with Crippen molar-refractivity contribution in [1.82, 2.24) is 24.6 Å². The second-order valence-corrected chi connectivity index (χ2v) is 6.52. The highest BCUT2D eigenvalue weighted by molar-refractivity contribution is 7.13. The van der Waals surface area contributed by atoms with E-state index in [9.17, 15) is 0 Å². The van der Waals surface area contributed by atoms with Crippen LogP contribution in [0.2, 0.25) is 0 Å². The number of aryl methyl sites for hydroxylation is 1. The molecule has 0 bridgehead atoms. The van der Waals surface area contributed by atoms with Crippen molar-refractivity contribution in [2.24, 2.45) is 0 Å². The minimum atomic E-state index is 0.579. The van der Waals surface area contributed by atoms with E-state index in [1.807, 2.05) is 37.6 Å². The van der Waals surface area contributed by atoms with Crippen LogP contribution in [0.25, 0.3) is 16.2 Å². The Morgan fingerprint density at radius 2 is 2.17 bits per heavy atom. The summed E-state index contributed by atoms with van der Waals surface area (Å²) in [6, 6.07) is 6.13. The van der Waals surface area contributed by atoms with Crippen LogP contribution in [-0.2, 0) is 6.54 Å². The summed E-state index contributed by atoms with van der Waals surface area (Å²) in [6.07, 6.45) is 5.39. The number of rotatable bonds is 4. The highest BCUT2D eigenvalue weighted by Gasteiger charge is 2.11. The largest absolute Gasteiger partial charge is 0.364 e. The Morgan fingerprint density at radius 3 is 2.92 bits per heavy atom. The van der Waals surface area contributed by atoms with Crippen molar-refractivity contribution in [3.8, 4) is 10.6 Å². The molecule has 6 nitrogen and oxygen atoms in total. The summed E-state index contributed by atoms with van der Waals surface area (Å²) in [5.41, 5.74) is 4.64. The van der Waals surface area contributed by atoms with Gasteiger partial charge in [-0.15, -0.1) is 11.3 Å². The standard InChI is InChI=1S/C16H15BN6S/c1-10-6-19-11(7-18-10)8-20-15-5-13(14-3-2-4-24-14)22-16-12(17)9-21-23(15)16/h2-7,9,20H,8,17H2,1H3. The van der Waals surface area contributed by atoms with E-state index in [1.54, 1.807) is 23.7 Å². The Morgan fingerprint density at radius 1 is 1.25 bits per heavy atom. The fraction of sp³-hybridized carbons (Fsp3) is 0.125. The predicted molar refractivity (Wildman–Crippen MR) is 98.6 cm³/mol. The molecule has 118 valence electrons. The van der Waals surface area contributed by atoms with Crippen molar-refractivity contribution < 1.29 is 0 Å². The Kier molecular flexibility index (Phi) is 3.74. The minimum absolute atomic E-state index is 0.579. The molecule has 0 aliphatic carbocycles. The van der Waals surface area contributed by atoms with Crippen LogP contribution in [0.15, 0.2) is 42.2 Å². The van der Waals surface area contributed by atoms with E-state index in [4.69, 9.17) is 4.98 Å². The summed E-state index contributed by atoms with van der Waals surface area (Å²) in [5.74, 6) is 0.888. The first-order valence-electron chi connectivity index (χ1n) is 7.61. The van der Waals surface area contributed by atoms with Crippen molar-refractivity contribution in [1.29, 1.82) is 0 Å². The number of hydrogen-bond acceptors (Lipinski definition) is 6. The smallest absolute Gasteiger partial charge is 0.151 e. The Bertz CT molecular complexity index is 978. The van der Waals surface area contributed by atoms with Gasteiger partial charge in [0.05, 0.1) is 34.7 Å². The zero-order chi connectivity index (χ0) is 16.5. The molecule has 8 heteroatoms. The van der Waals surface area contributed by atoms with E-state index in [0.29, 0.717) is 6.54 Å². The number of hydrogen-bond donors (Lipinski definition) is 1. The van der Waals surface area contributed by atoms with Crippen LogP contribution in [0.1, 0.15) is 11.4 Å². The molecule has 0 aliphatic rings. The van der Waals surface area contributed by atoms with E-state index in [0.717, 1.165) is 38.9 Å². The fourth-order valence-corrected chi connectivity index (χ4v) is 3.13. The maximum Gasteiger partial charge on any atom is 0.151 e. The van der Waals surface area contributed by atoms with E-state index in [-0.39, 0.29) is 0 Å². The molecule has 0 unspecified atom stereocenters. The van der Waals surface area contributed by atoms with Crippen molar-refractivity contribution in [3.05, 3.63) is 53.6 Å². The van der Waals surface area contributed by atoms with Crippen LogP contribution in [0, 0.1) is 6.92 Å². The molecule has 0 amide bonds. The third kappa shape index (κ3) is 2.76. The molecule has 24 heavy (non-hydrogen) atoms. The Hall–Kier alpha value is -2.74. The maximum atomic E-state index is 4.75. The average Bonchev–Trinajstić information content (AvgIpc) is 3.25. The van der Waals surface area contributed by atoms with E-state index < -0.39 is 0 Å². The van der Waals surface area contributed by atoms with Crippen LogP contribution >= 0.6 is 11.3 Å². The summed E-state index contributed by atoms with van der Waals surface area (Å²) in [5, 5.41) is 9.88. The first-order chi connectivity index (χ1) is 11.7. The van der Waals surface area contributed by atoms with Gasteiger partial charge in [-0.1, -0.05) is 6.07 Å². The lowest BCUT2D eigenvalue weighted by Crippen LogP contribution is -2.10. The molecular formula is C16H15BN6S. The van der Waals surface area contributed by atoms with Gasteiger partial charge in [0.1, 0.15) is 13.7 Å². The SMILES string of the molecule is Bc1cnn2c(NCc3cnc(C)cn3)cc(-c3cccs3)nc12. The molecule has 0 aromatic carbocycles. The molecule has 0 radical (unpaired) electrons. The minimum Gasteiger partial charge on any atom is -0.364 e. The highest BCUT2D eigenvalue weighted by atomic mass is 32.1. The van der Waals surface area contributed by atoms with Crippen LogP contribution in [0.3, 0.4) is 0 Å². The monoisotopic (exact) mass is 334 g/mol. The summed E-state index contributed by atoms with van der Waals surface area (Å²) in [6.45, 7) is 2.51. The number of nitrogens with zero attached hydrogens (tertiary/aromatic N) is 5. The van der Waals surface area contributed by atoms with Crippen LogP contribution in [0.5, 0.6) is 0 Å². The summed E-state index contributed by atoms with van der Waals surface area (Å²) in [4.78, 5) is 14.5. The quantitative estimate of drug-likeness (QED) is 0.572. The first kappa shape index (κ1) is 14.8. The first-order valence-corrected chi connectivity index (χ1v) is 8.49. The molecule has 1 N–H and O–H groups in total. The molecule has 0 spiro atoms. The Balaban J connectivity index is 1.71. The van der Waals surface area contributed by atoms with E-state index in [1.165, 1.54) is 0 Å². The van der Waals surface area contributed by atoms with Gasteiger partial charge in [0, 0.05) is 18.5 Å². The molecular weight excluding hydrogens is 319 g/mol. The van der Waals surface area contributed by atoms with Gasteiger partial charge in [0.25, 0.3) is 0 Å². The second-order valence-electron chi connectivity index (χ2n) is 5.57. The van der Waals surface area contributed by atoms with E-state index >= 15 is 0 Å². The third-order valence-electron chi connectivity index (χ3n) is 3.71. The topological polar surface area (TPSA) is 68.0 Å². The van der Waals surface area contributed by atoms with Crippen molar-refractivity contribution >= 4 is 36.1 Å². The van der Waals surface area contributed by atoms with Gasteiger partial charge in [-0.05, 0) is 23.8 Å². The van der Waals surface area contributed by atoms with Crippen molar-refractivity contribution in [2.45, 2.75) is 13.5 Å². The summed E-state index contributed by atoms with van der Waals surface area (Å²) in [7, 11) is 2.02. The predicted octanol–water partition coefficient (Wildman–Crippen LogP) is 1.43. The van der Waals surface area contributed by atoms with Crippen LogP contribution in [-0.4, -0.2) is 32.4 Å². The number of thiophene rings is 1. The normalized spacial score (nSPS) is 11.0. The van der Waals surface area contributed by atoms with E-state index in [2.05, 4.69) is 31.8 Å². The van der Waals surface area contributed by atoms with Gasteiger partial charge in [-0.25, -0.2) is 4.98 Å².